The molecular formula is C9H6N4O4S. The Morgan fingerprint density at radius 2 is 2.11 bits per heavy atom. The monoisotopic (exact) mass is 266 g/mol. The maximum atomic E-state index is 11.5. The number of aromatic nitrogens is 2. The van der Waals surface area contributed by atoms with E-state index in [1.54, 1.807) is 17.5 Å². The number of nitrogens with zero attached hydrogens (tertiary/aromatic N) is 2. The molecule has 1 amide bonds. The lowest BCUT2D eigenvalue weighted by Gasteiger charge is -1.94. The molecule has 9 heteroatoms. The number of rotatable bonds is 2. The molecule has 0 aliphatic carbocycles. The highest BCUT2D eigenvalue weighted by Crippen LogP contribution is 2.17. The van der Waals surface area contributed by atoms with Crippen molar-refractivity contribution in [3.63, 3.8) is 0 Å². The Bertz CT molecular complexity index is 713. The van der Waals surface area contributed by atoms with Crippen LogP contribution in [0.1, 0.15) is 9.67 Å². The predicted octanol–water partition coefficient (Wildman–Crippen LogP) is 0.754. The molecule has 18 heavy (non-hydrogen) atoms. The Kier molecular flexibility index (Phi) is 3.15. The summed E-state index contributed by atoms with van der Waals surface area (Å²) in [7, 11) is 0. The second kappa shape index (κ2) is 4.75. The van der Waals surface area contributed by atoms with Crippen molar-refractivity contribution in [1.82, 2.24) is 9.97 Å². The van der Waals surface area contributed by atoms with E-state index < -0.39 is 28.7 Å². The van der Waals surface area contributed by atoms with Gasteiger partial charge in [0.2, 0.25) is 11.6 Å². The van der Waals surface area contributed by atoms with Gasteiger partial charge >= 0.3 is 11.6 Å². The van der Waals surface area contributed by atoms with Crippen LogP contribution >= 0.6 is 11.3 Å². The van der Waals surface area contributed by atoms with Crippen LogP contribution in [-0.2, 0) is 0 Å². The first-order chi connectivity index (χ1) is 8.58. The van der Waals surface area contributed by atoms with Crippen LogP contribution in [0, 0.1) is 0 Å². The van der Waals surface area contributed by atoms with E-state index in [4.69, 9.17) is 0 Å². The molecular weight excluding hydrogens is 260 g/mol. The third-order valence-electron chi connectivity index (χ3n) is 1.87. The van der Waals surface area contributed by atoms with Gasteiger partial charge in [-0.15, -0.1) is 21.6 Å². The summed E-state index contributed by atoms with van der Waals surface area (Å²) >= 11 is 1.17. The fraction of sp³-hybridized carbons (Fsp3) is 0. The van der Waals surface area contributed by atoms with Crippen LogP contribution in [0.5, 0.6) is 5.88 Å². The summed E-state index contributed by atoms with van der Waals surface area (Å²) in [5.74, 6) is -1.39. The second-order valence-electron chi connectivity index (χ2n) is 3.09. The largest absolute Gasteiger partial charge is 0.493 e. The summed E-state index contributed by atoms with van der Waals surface area (Å²) in [6.07, 6.45) is 0. The number of aromatic amines is 2. The molecule has 0 aromatic carbocycles. The van der Waals surface area contributed by atoms with E-state index in [0.717, 1.165) is 0 Å². The topological polar surface area (TPSA) is 128 Å². The lowest BCUT2D eigenvalue weighted by atomic mass is 10.4. The van der Waals surface area contributed by atoms with Gasteiger partial charge in [-0.05, 0) is 11.4 Å². The van der Waals surface area contributed by atoms with E-state index in [0.29, 0.717) is 4.88 Å². The van der Waals surface area contributed by atoms with E-state index in [1.165, 1.54) is 11.3 Å². The highest BCUT2D eigenvalue weighted by Gasteiger charge is 2.09. The number of hydrogen-bond acceptors (Lipinski definition) is 6. The summed E-state index contributed by atoms with van der Waals surface area (Å²) in [4.78, 5) is 37.6. The van der Waals surface area contributed by atoms with Gasteiger partial charge in [0, 0.05) is 0 Å². The second-order valence-corrected chi connectivity index (χ2v) is 4.04. The zero-order valence-electron chi connectivity index (χ0n) is 8.71. The molecule has 0 bridgehead atoms. The van der Waals surface area contributed by atoms with Gasteiger partial charge in [-0.25, -0.2) is 4.79 Å². The van der Waals surface area contributed by atoms with E-state index in [1.807, 2.05) is 9.97 Å². The van der Waals surface area contributed by atoms with Gasteiger partial charge in [-0.3, -0.25) is 19.6 Å². The number of carbonyl (C=O) groups excluding carboxylic acids is 1. The molecule has 0 aliphatic heterocycles. The molecule has 2 aromatic heterocycles. The quantitative estimate of drug-likeness (QED) is 0.693. The molecule has 0 saturated heterocycles. The highest BCUT2D eigenvalue weighted by molar-refractivity contribution is 7.12. The third kappa shape index (κ3) is 2.40. The number of thiophene rings is 1. The van der Waals surface area contributed by atoms with Gasteiger partial charge in [0.05, 0.1) is 4.88 Å². The summed E-state index contributed by atoms with van der Waals surface area (Å²) in [6, 6.07) is 3.21. The van der Waals surface area contributed by atoms with Crippen LogP contribution in [0.2, 0.25) is 0 Å². The van der Waals surface area contributed by atoms with Crippen molar-refractivity contribution in [3.8, 4) is 5.88 Å². The summed E-state index contributed by atoms with van der Waals surface area (Å²) in [5, 5.41) is 17.6. The summed E-state index contributed by atoms with van der Waals surface area (Å²) in [5.41, 5.74) is -2.33. The molecule has 8 nitrogen and oxygen atoms in total. The van der Waals surface area contributed by atoms with Crippen LogP contribution in [0.15, 0.2) is 37.3 Å². The number of H-pyrrole nitrogens is 2. The minimum atomic E-state index is -0.932. The van der Waals surface area contributed by atoms with Crippen molar-refractivity contribution in [3.05, 3.63) is 43.2 Å². The Hall–Kier alpha value is -2.55. The Balaban J connectivity index is 2.33. The normalized spacial score (nSPS) is 10.9. The van der Waals surface area contributed by atoms with Gasteiger partial charge in [-0.2, -0.15) is 0 Å². The van der Waals surface area contributed by atoms with Crippen LogP contribution in [0.3, 0.4) is 0 Å². The molecule has 0 spiro atoms. The number of carbonyl (C=O) groups is 1. The maximum Gasteiger partial charge on any atom is 0.328 e. The lowest BCUT2D eigenvalue weighted by molar-refractivity contribution is 0.0999. The van der Waals surface area contributed by atoms with E-state index in [9.17, 15) is 19.5 Å². The first kappa shape index (κ1) is 11.9. The van der Waals surface area contributed by atoms with Crippen molar-refractivity contribution < 1.29 is 9.90 Å². The fourth-order valence-electron chi connectivity index (χ4n) is 1.11. The lowest BCUT2D eigenvalue weighted by Crippen LogP contribution is -2.21. The average molecular weight is 266 g/mol. The minimum Gasteiger partial charge on any atom is -0.493 e. The first-order valence-corrected chi connectivity index (χ1v) is 5.51. The average Bonchev–Trinajstić information content (AvgIpc) is 2.80. The third-order valence-corrected chi connectivity index (χ3v) is 2.73. The summed E-state index contributed by atoms with van der Waals surface area (Å²) < 4.78 is 0. The summed E-state index contributed by atoms with van der Waals surface area (Å²) in [6.45, 7) is 0. The van der Waals surface area contributed by atoms with E-state index in [-0.39, 0.29) is 0 Å². The van der Waals surface area contributed by atoms with Crippen molar-refractivity contribution in [2.24, 2.45) is 10.2 Å². The van der Waals surface area contributed by atoms with Gasteiger partial charge in [0.1, 0.15) is 0 Å². The van der Waals surface area contributed by atoms with Gasteiger partial charge < -0.3 is 5.11 Å². The zero-order valence-corrected chi connectivity index (χ0v) is 9.52. The molecule has 2 rings (SSSR count). The van der Waals surface area contributed by atoms with Crippen LogP contribution in [0.25, 0.3) is 0 Å². The number of aromatic hydroxyl groups is 1. The number of hydrogen-bond donors (Lipinski definition) is 3. The van der Waals surface area contributed by atoms with Crippen molar-refractivity contribution in [2.45, 2.75) is 0 Å². The Morgan fingerprint density at radius 3 is 2.72 bits per heavy atom. The fourth-order valence-corrected chi connectivity index (χ4v) is 1.71. The molecule has 0 fully saturated rings. The van der Waals surface area contributed by atoms with Crippen LogP contribution in [-0.4, -0.2) is 21.0 Å². The SMILES string of the molecule is O=C(N=Nc1c(O)[nH]c(=O)[nH]c1=O)c1cccs1. The molecule has 0 radical (unpaired) electrons. The van der Waals surface area contributed by atoms with Crippen molar-refractivity contribution >= 4 is 22.9 Å². The molecule has 0 atom stereocenters. The molecule has 0 unspecified atom stereocenters. The molecule has 0 aliphatic rings. The maximum absolute atomic E-state index is 11.5. The number of azo groups is 1. The minimum absolute atomic E-state index is 0.346. The molecule has 0 saturated carbocycles. The Morgan fingerprint density at radius 1 is 1.33 bits per heavy atom. The van der Waals surface area contributed by atoms with Crippen molar-refractivity contribution in [2.75, 3.05) is 0 Å². The van der Waals surface area contributed by atoms with Crippen LogP contribution < -0.4 is 11.2 Å². The molecule has 2 heterocycles. The number of amides is 1. The smallest absolute Gasteiger partial charge is 0.328 e. The van der Waals surface area contributed by atoms with Crippen LogP contribution in [0.4, 0.5) is 5.69 Å². The molecule has 92 valence electrons. The van der Waals surface area contributed by atoms with Gasteiger partial charge in [0.25, 0.3) is 5.56 Å². The van der Waals surface area contributed by atoms with Gasteiger partial charge in [0.15, 0.2) is 0 Å². The Labute approximate surface area is 103 Å². The first-order valence-electron chi connectivity index (χ1n) is 4.63. The zero-order chi connectivity index (χ0) is 13.1. The molecule has 3 N–H and O–H groups in total. The number of nitrogens with one attached hydrogen (secondary N) is 2. The van der Waals surface area contributed by atoms with E-state index >= 15 is 0 Å². The van der Waals surface area contributed by atoms with E-state index in [2.05, 4.69) is 10.2 Å². The van der Waals surface area contributed by atoms with Crippen molar-refractivity contribution in [1.29, 1.82) is 0 Å². The standard InChI is InChI=1S/C9H6N4O4S/c14-6(4-2-1-3-18-4)13-12-5-7(15)10-9(17)11-8(5)16/h1-3H,(H3,10,11,15,16,17). The highest BCUT2D eigenvalue weighted by atomic mass is 32.1. The molecule has 2 aromatic rings. The van der Waals surface area contributed by atoms with Gasteiger partial charge in [-0.1, -0.05) is 6.07 Å². The predicted molar refractivity (Wildman–Crippen MR) is 62.5 cm³/mol.